The van der Waals surface area contributed by atoms with Gasteiger partial charge in [0.15, 0.2) is 0 Å². The lowest BCUT2D eigenvalue weighted by molar-refractivity contribution is -0.181. The number of carbonyl (C=O) groups is 6. The number of amides is 6. The Morgan fingerprint density at radius 2 is 1.07 bits per heavy atom. The topological polar surface area (TPSA) is 285 Å². The van der Waals surface area contributed by atoms with E-state index in [-0.39, 0.29) is 70.1 Å². The SMILES string of the molecule is CCCN(OCCNC(=O)OCCOCCOCCOCCOCCOCCOCCOCCOCCOCCOCCNC(=O)CN1C(=O)C=CC1=O)C(=O)C1=Cc2ccc(C(=O)N(C)C)cc2N=C(N)C1. The van der Waals surface area contributed by atoms with Crippen LogP contribution in [0.5, 0.6) is 0 Å². The fourth-order valence-corrected chi connectivity index (χ4v) is 6.19. The van der Waals surface area contributed by atoms with Crippen LogP contribution in [0.3, 0.4) is 0 Å². The number of imide groups is 1. The molecule has 73 heavy (non-hydrogen) atoms. The van der Waals surface area contributed by atoms with Crippen molar-refractivity contribution in [3.8, 4) is 0 Å². The molecule has 1 aromatic carbocycles. The highest BCUT2D eigenvalue weighted by molar-refractivity contribution is 6.14. The number of amidine groups is 1. The number of hydroxylamine groups is 2. The van der Waals surface area contributed by atoms with Gasteiger partial charge in [-0.15, -0.1) is 0 Å². The van der Waals surface area contributed by atoms with E-state index in [2.05, 4.69) is 15.6 Å². The van der Waals surface area contributed by atoms with Gasteiger partial charge >= 0.3 is 6.09 Å². The van der Waals surface area contributed by atoms with Crippen molar-refractivity contribution in [2.75, 3.05) is 186 Å². The summed E-state index contributed by atoms with van der Waals surface area (Å²) in [7, 11) is 3.33. The third kappa shape index (κ3) is 28.0. The number of rotatable bonds is 43. The standard InChI is InChI=1S/C48H75N7O18/c1-4-11-55(47(60)40-34-38-5-6-39(46(59)53(2)3)35-41(38)52-42(49)36-40)73-13-10-51-48(61)72-33-32-71-31-30-70-29-28-69-27-26-68-25-24-67-23-22-66-21-20-65-19-18-64-17-16-63-15-14-62-12-9-50-43(56)37-54-44(57)7-8-45(54)58/h5-8,34-35H,4,9-33,36-37H2,1-3H3,(H2,49,52)(H,50,56)(H,51,61). The number of aliphatic imine (C=N–C) groups is 1. The van der Waals surface area contributed by atoms with E-state index in [0.717, 1.165) is 17.1 Å². The number of nitrogens with zero attached hydrogens (tertiary/aromatic N) is 4. The van der Waals surface area contributed by atoms with Crippen molar-refractivity contribution in [3.63, 3.8) is 0 Å². The fourth-order valence-electron chi connectivity index (χ4n) is 6.19. The van der Waals surface area contributed by atoms with Crippen LogP contribution < -0.4 is 16.4 Å². The lowest BCUT2D eigenvalue weighted by Gasteiger charge is -2.22. The van der Waals surface area contributed by atoms with E-state index in [4.69, 9.17) is 62.7 Å². The Morgan fingerprint density at radius 1 is 0.616 bits per heavy atom. The van der Waals surface area contributed by atoms with Crippen LogP contribution in [0.2, 0.25) is 0 Å². The average molecular weight is 1040 g/mol. The molecule has 0 spiro atoms. The predicted octanol–water partition coefficient (Wildman–Crippen LogP) is 0.268. The maximum Gasteiger partial charge on any atom is 0.407 e. The van der Waals surface area contributed by atoms with E-state index in [1.807, 2.05) is 6.92 Å². The second-order valence-electron chi connectivity index (χ2n) is 15.8. The van der Waals surface area contributed by atoms with Gasteiger partial charge in [-0.2, -0.15) is 0 Å². The molecule has 410 valence electrons. The summed E-state index contributed by atoms with van der Waals surface area (Å²) in [5.74, 6) is -1.76. The molecule has 0 aliphatic carbocycles. The van der Waals surface area contributed by atoms with Crippen LogP contribution in [-0.2, 0) is 76.1 Å². The molecule has 4 N–H and O–H groups in total. The number of alkyl carbamates (subject to hydrolysis) is 1. The van der Waals surface area contributed by atoms with E-state index in [0.29, 0.717) is 154 Å². The second kappa shape index (κ2) is 39.1. The Morgan fingerprint density at radius 3 is 1.53 bits per heavy atom. The van der Waals surface area contributed by atoms with E-state index in [1.165, 1.54) is 9.96 Å². The lowest BCUT2D eigenvalue weighted by atomic mass is 10.0. The van der Waals surface area contributed by atoms with Gasteiger partial charge in [-0.3, -0.25) is 33.7 Å². The van der Waals surface area contributed by atoms with Gasteiger partial charge in [0, 0.05) is 69.0 Å². The molecule has 3 rings (SSSR count). The molecule has 0 unspecified atom stereocenters. The van der Waals surface area contributed by atoms with Crippen molar-refractivity contribution in [1.29, 1.82) is 0 Å². The Hall–Kier alpha value is -5.45. The molecule has 2 aliphatic rings. The molecule has 2 heterocycles. The van der Waals surface area contributed by atoms with Crippen LogP contribution >= 0.6 is 0 Å². The molecule has 0 radical (unpaired) electrons. The normalized spacial score (nSPS) is 13.1. The smallest absolute Gasteiger partial charge is 0.407 e. The number of ether oxygens (including phenoxy) is 11. The van der Waals surface area contributed by atoms with Crippen LogP contribution in [0.1, 0.15) is 35.7 Å². The van der Waals surface area contributed by atoms with Gasteiger partial charge < -0.3 is 73.4 Å². The highest BCUT2D eigenvalue weighted by Gasteiger charge is 2.26. The maximum absolute atomic E-state index is 13.5. The average Bonchev–Trinajstić information content (AvgIpc) is 3.57. The van der Waals surface area contributed by atoms with E-state index in [9.17, 15) is 28.8 Å². The summed E-state index contributed by atoms with van der Waals surface area (Å²) in [5.41, 5.74) is 8.14. The minimum absolute atomic E-state index is 0.0215. The first-order chi connectivity index (χ1) is 35.5. The number of benzene rings is 1. The van der Waals surface area contributed by atoms with Crippen LogP contribution in [0.4, 0.5) is 10.5 Å². The molecule has 0 saturated carbocycles. The monoisotopic (exact) mass is 1040 g/mol. The van der Waals surface area contributed by atoms with Gasteiger partial charge in [-0.1, -0.05) is 13.0 Å². The maximum atomic E-state index is 13.5. The van der Waals surface area contributed by atoms with Crippen LogP contribution in [0.25, 0.3) is 6.08 Å². The second-order valence-corrected chi connectivity index (χ2v) is 15.8. The van der Waals surface area contributed by atoms with Gasteiger partial charge in [0.1, 0.15) is 19.0 Å². The molecule has 25 nitrogen and oxygen atoms in total. The molecule has 0 fully saturated rings. The lowest BCUT2D eigenvalue weighted by Crippen LogP contribution is -2.41. The first kappa shape index (κ1) is 61.8. The minimum atomic E-state index is -0.648. The van der Waals surface area contributed by atoms with Crippen LogP contribution in [0.15, 0.2) is 40.9 Å². The zero-order valence-electron chi connectivity index (χ0n) is 42.5. The summed E-state index contributed by atoms with van der Waals surface area (Å²) in [5, 5.41) is 6.42. The van der Waals surface area contributed by atoms with Gasteiger partial charge in [0.05, 0.1) is 144 Å². The molecular formula is C48H75N7O18. The van der Waals surface area contributed by atoms with Crippen LogP contribution in [0, 0.1) is 0 Å². The Bertz CT molecular complexity index is 1880. The highest BCUT2D eigenvalue weighted by atomic mass is 16.7. The number of nitrogens with two attached hydrogens (primary N) is 1. The number of fused-ring (bicyclic) bond motifs is 1. The first-order valence-corrected chi connectivity index (χ1v) is 24.3. The van der Waals surface area contributed by atoms with E-state index >= 15 is 0 Å². The number of nitrogens with one attached hydrogen (secondary N) is 2. The van der Waals surface area contributed by atoms with Crippen molar-refractivity contribution in [2.24, 2.45) is 10.7 Å². The van der Waals surface area contributed by atoms with Crippen molar-refractivity contribution in [1.82, 2.24) is 25.5 Å². The van der Waals surface area contributed by atoms with E-state index < -0.39 is 23.8 Å². The summed E-state index contributed by atoms with van der Waals surface area (Å²) in [6.07, 6.45) is 4.04. The summed E-state index contributed by atoms with van der Waals surface area (Å²) in [4.78, 5) is 85.2. The first-order valence-electron chi connectivity index (χ1n) is 24.3. The summed E-state index contributed by atoms with van der Waals surface area (Å²) < 4.78 is 59.8. The summed E-state index contributed by atoms with van der Waals surface area (Å²) in [6.45, 7) is 10.1. The third-order valence-corrected chi connectivity index (χ3v) is 9.78. The van der Waals surface area contributed by atoms with Crippen LogP contribution in [-0.4, -0.2) is 242 Å². The van der Waals surface area contributed by atoms with Crippen molar-refractivity contribution in [2.45, 2.75) is 19.8 Å². The summed E-state index contributed by atoms with van der Waals surface area (Å²) in [6, 6.07) is 5.06. The predicted molar refractivity (Wildman–Crippen MR) is 263 cm³/mol. The number of hydrogen-bond acceptors (Lipinski definition) is 20. The molecule has 6 amide bonds. The van der Waals surface area contributed by atoms with Crippen molar-refractivity contribution >= 4 is 53.2 Å². The minimum Gasteiger partial charge on any atom is -0.447 e. The van der Waals surface area contributed by atoms with Gasteiger partial charge in [0.25, 0.3) is 23.6 Å². The number of hydrogen-bond donors (Lipinski definition) is 3. The molecule has 0 atom stereocenters. The van der Waals surface area contributed by atoms with Crippen molar-refractivity contribution in [3.05, 3.63) is 47.1 Å². The Labute approximate surface area is 426 Å². The van der Waals surface area contributed by atoms with Gasteiger partial charge in [-0.25, -0.2) is 14.9 Å². The molecule has 2 aliphatic heterocycles. The van der Waals surface area contributed by atoms with Crippen molar-refractivity contribution < 1.29 is 85.7 Å². The van der Waals surface area contributed by atoms with Gasteiger partial charge in [0.2, 0.25) is 5.91 Å². The molecule has 0 aromatic heterocycles. The largest absolute Gasteiger partial charge is 0.447 e. The van der Waals surface area contributed by atoms with Gasteiger partial charge in [-0.05, 0) is 24.6 Å². The third-order valence-electron chi connectivity index (χ3n) is 9.78. The summed E-state index contributed by atoms with van der Waals surface area (Å²) >= 11 is 0. The quantitative estimate of drug-likeness (QED) is 0.0450. The Balaban J connectivity index is 0.997. The number of carbonyl (C=O) groups excluding carboxylic acids is 6. The zero-order chi connectivity index (χ0) is 52.7. The molecule has 0 saturated heterocycles. The molecule has 0 bridgehead atoms. The molecule has 1 aromatic rings. The fraction of sp³-hybridized carbons (Fsp3) is 0.646. The molecule has 25 heteroatoms. The molecular weight excluding hydrogens is 963 g/mol. The zero-order valence-corrected chi connectivity index (χ0v) is 42.5. The van der Waals surface area contributed by atoms with E-state index in [1.54, 1.807) is 38.4 Å². The Kier molecular flexibility index (Phi) is 33.1. The highest BCUT2D eigenvalue weighted by Crippen LogP contribution is 2.29.